The van der Waals surface area contributed by atoms with Gasteiger partial charge in [0.1, 0.15) is 0 Å². The summed E-state index contributed by atoms with van der Waals surface area (Å²) in [7, 11) is 0. The summed E-state index contributed by atoms with van der Waals surface area (Å²) < 4.78 is 2.26. The summed E-state index contributed by atoms with van der Waals surface area (Å²) in [5.74, 6) is 0. The van der Waals surface area contributed by atoms with E-state index >= 15 is 0 Å². The number of fused-ring (bicyclic) bond motifs is 8. The minimum Gasteiger partial charge on any atom is -0.309 e. The summed E-state index contributed by atoms with van der Waals surface area (Å²) in [5.41, 5.74) is 9.40. The monoisotopic (exact) mass is 596 g/mol. The standard InChI is InChI=1S/C43H24N4/c44-25-27-10-13-30(14-11-27)43-36-19-15-29-6-4-5-9-34(29)42(36)35-18-16-32(24-39(35)46-43)31-17-21-41-38(23-31)37-22-28(26-45)12-20-40(37)47(41)33-7-2-1-3-8-33/h1-24H. The van der Waals surface area contributed by atoms with Gasteiger partial charge in [0.15, 0.2) is 0 Å². The molecule has 0 aliphatic heterocycles. The third-order valence-corrected chi connectivity index (χ3v) is 9.21. The molecule has 2 heterocycles. The molecule has 9 rings (SSSR count). The van der Waals surface area contributed by atoms with Crippen molar-refractivity contribution in [1.29, 1.82) is 10.5 Å². The van der Waals surface area contributed by atoms with Crippen molar-refractivity contribution in [3.05, 3.63) is 157 Å². The molecule has 2 aromatic heterocycles. The number of nitriles is 2. The van der Waals surface area contributed by atoms with E-state index in [1.807, 2.05) is 60.7 Å². The maximum absolute atomic E-state index is 9.72. The van der Waals surface area contributed by atoms with Crippen LogP contribution in [0.2, 0.25) is 0 Å². The fourth-order valence-corrected chi connectivity index (χ4v) is 7.01. The number of para-hydroxylation sites is 1. The topological polar surface area (TPSA) is 65.4 Å². The highest BCUT2D eigenvalue weighted by Gasteiger charge is 2.17. The van der Waals surface area contributed by atoms with Gasteiger partial charge in [-0.2, -0.15) is 10.5 Å². The third kappa shape index (κ3) is 4.17. The second kappa shape index (κ2) is 10.4. The number of aromatic nitrogens is 2. The van der Waals surface area contributed by atoms with E-state index in [2.05, 4.69) is 102 Å². The number of rotatable bonds is 3. The Hall–Kier alpha value is -6.75. The number of benzene rings is 7. The highest BCUT2D eigenvalue weighted by Crippen LogP contribution is 2.40. The van der Waals surface area contributed by atoms with Crippen LogP contribution in [-0.4, -0.2) is 9.55 Å². The van der Waals surface area contributed by atoms with Gasteiger partial charge in [-0.3, -0.25) is 0 Å². The molecule has 0 saturated heterocycles. The van der Waals surface area contributed by atoms with Gasteiger partial charge in [-0.05, 0) is 82.6 Å². The highest BCUT2D eigenvalue weighted by atomic mass is 15.0. The van der Waals surface area contributed by atoms with Crippen molar-refractivity contribution in [3.63, 3.8) is 0 Å². The summed E-state index contributed by atoms with van der Waals surface area (Å²) >= 11 is 0. The SMILES string of the molecule is N#Cc1ccc(-c2nc3cc(-c4ccc5c(c4)c4cc(C#N)ccc4n5-c4ccccc4)ccc3c3c2ccc2ccccc23)cc1. The van der Waals surface area contributed by atoms with Crippen molar-refractivity contribution < 1.29 is 0 Å². The molecule has 0 bridgehead atoms. The first-order valence-corrected chi connectivity index (χ1v) is 15.5. The molecule has 0 fully saturated rings. The summed E-state index contributed by atoms with van der Waals surface area (Å²) in [6.45, 7) is 0. The van der Waals surface area contributed by atoms with E-state index < -0.39 is 0 Å². The zero-order valence-corrected chi connectivity index (χ0v) is 25.1. The lowest BCUT2D eigenvalue weighted by molar-refractivity contribution is 1.18. The number of nitrogens with zero attached hydrogens (tertiary/aromatic N) is 4. The lowest BCUT2D eigenvalue weighted by atomic mass is 9.93. The minimum absolute atomic E-state index is 0.623. The molecule has 0 aliphatic rings. The van der Waals surface area contributed by atoms with Crippen molar-refractivity contribution in [2.24, 2.45) is 0 Å². The first kappa shape index (κ1) is 26.6. The van der Waals surface area contributed by atoms with Crippen molar-refractivity contribution in [2.75, 3.05) is 0 Å². The average Bonchev–Trinajstić information content (AvgIpc) is 3.47. The molecule has 0 spiro atoms. The predicted molar refractivity (Wildman–Crippen MR) is 191 cm³/mol. The first-order chi connectivity index (χ1) is 23.2. The Kier molecular flexibility index (Phi) is 5.90. The zero-order valence-electron chi connectivity index (χ0n) is 25.1. The zero-order chi connectivity index (χ0) is 31.5. The molecule has 0 N–H and O–H groups in total. The summed E-state index contributed by atoms with van der Waals surface area (Å²) in [5, 5.41) is 27.0. The molecule has 0 aliphatic carbocycles. The Balaban J connectivity index is 1.30. The molecule has 4 heteroatoms. The van der Waals surface area contributed by atoms with Gasteiger partial charge in [-0.1, -0.05) is 84.9 Å². The van der Waals surface area contributed by atoms with Crippen molar-refractivity contribution in [2.45, 2.75) is 0 Å². The molecular formula is C43H24N4. The van der Waals surface area contributed by atoms with Crippen LogP contribution in [0.4, 0.5) is 0 Å². The first-order valence-electron chi connectivity index (χ1n) is 15.5. The molecule has 216 valence electrons. The summed E-state index contributed by atoms with van der Waals surface area (Å²) in [6, 6.07) is 54.4. The van der Waals surface area contributed by atoms with Crippen LogP contribution in [0.15, 0.2) is 146 Å². The number of hydrogen-bond acceptors (Lipinski definition) is 3. The van der Waals surface area contributed by atoms with E-state index in [1.165, 1.54) is 16.2 Å². The molecule has 7 aromatic carbocycles. The van der Waals surface area contributed by atoms with Crippen LogP contribution < -0.4 is 0 Å². The van der Waals surface area contributed by atoms with Crippen molar-refractivity contribution >= 4 is 54.3 Å². The Morgan fingerprint density at radius 1 is 0.468 bits per heavy atom. The maximum atomic E-state index is 9.72. The molecule has 0 atom stereocenters. The van der Waals surface area contributed by atoms with E-state index in [-0.39, 0.29) is 0 Å². The van der Waals surface area contributed by atoms with Crippen LogP contribution in [0.25, 0.3) is 82.3 Å². The van der Waals surface area contributed by atoms with E-state index in [0.29, 0.717) is 11.1 Å². The molecule has 4 nitrogen and oxygen atoms in total. The van der Waals surface area contributed by atoms with Gasteiger partial charge in [0.2, 0.25) is 0 Å². The predicted octanol–water partition coefficient (Wildman–Crippen LogP) is 10.7. The van der Waals surface area contributed by atoms with Crippen LogP contribution in [0.3, 0.4) is 0 Å². The second-order valence-corrected chi connectivity index (χ2v) is 11.8. The molecule has 9 aromatic rings. The van der Waals surface area contributed by atoms with Gasteiger partial charge < -0.3 is 4.57 Å². The number of pyridine rings is 1. The fraction of sp³-hybridized carbons (Fsp3) is 0. The molecular weight excluding hydrogens is 573 g/mol. The number of hydrogen-bond donors (Lipinski definition) is 0. The van der Waals surface area contributed by atoms with E-state index in [9.17, 15) is 10.5 Å². The average molecular weight is 597 g/mol. The van der Waals surface area contributed by atoms with Crippen LogP contribution in [-0.2, 0) is 0 Å². The van der Waals surface area contributed by atoms with Crippen molar-refractivity contribution in [3.8, 4) is 40.2 Å². The Labute approximate surface area is 270 Å². The van der Waals surface area contributed by atoms with Gasteiger partial charge in [-0.15, -0.1) is 0 Å². The fourth-order valence-electron chi connectivity index (χ4n) is 7.01. The molecule has 0 unspecified atom stereocenters. The molecule has 0 amide bonds. The van der Waals surface area contributed by atoms with Gasteiger partial charge in [0, 0.05) is 38.2 Å². The smallest absolute Gasteiger partial charge is 0.0991 e. The quantitative estimate of drug-likeness (QED) is 0.191. The molecule has 0 radical (unpaired) electrons. The summed E-state index contributed by atoms with van der Waals surface area (Å²) in [6.07, 6.45) is 0. The van der Waals surface area contributed by atoms with Crippen LogP contribution in [0, 0.1) is 22.7 Å². The lowest BCUT2D eigenvalue weighted by Crippen LogP contribution is -1.93. The highest BCUT2D eigenvalue weighted by molar-refractivity contribution is 6.22. The Morgan fingerprint density at radius 3 is 1.91 bits per heavy atom. The van der Waals surface area contributed by atoms with Crippen LogP contribution >= 0.6 is 0 Å². The molecule has 47 heavy (non-hydrogen) atoms. The molecule has 0 saturated carbocycles. The lowest BCUT2D eigenvalue weighted by Gasteiger charge is -2.14. The van der Waals surface area contributed by atoms with Gasteiger partial charge in [0.05, 0.1) is 45.5 Å². The largest absolute Gasteiger partial charge is 0.309 e. The van der Waals surface area contributed by atoms with Gasteiger partial charge in [-0.25, -0.2) is 4.98 Å². The van der Waals surface area contributed by atoms with Crippen molar-refractivity contribution in [1.82, 2.24) is 9.55 Å². The summed E-state index contributed by atoms with van der Waals surface area (Å²) in [4.78, 5) is 5.28. The van der Waals surface area contributed by atoms with Crippen LogP contribution in [0.1, 0.15) is 11.1 Å². The second-order valence-electron chi connectivity index (χ2n) is 11.8. The van der Waals surface area contributed by atoms with Gasteiger partial charge >= 0.3 is 0 Å². The normalized spacial score (nSPS) is 11.4. The third-order valence-electron chi connectivity index (χ3n) is 9.21. The van der Waals surface area contributed by atoms with E-state index in [1.54, 1.807) is 0 Å². The Bertz CT molecular complexity index is 2800. The Morgan fingerprint density at radius 2 is 1.11 bits per heavy atom. The van der Waals surface area contributed by atoms with E-state index in [4.69, 9.17) is 4.98 Å². The van der Waals surface area contributed by atoms with Gasteiger partial charge in [0.25, 0.3) is 0 Å². The maximum Gasteiger partial charge on any atom is 0.0991 e. The minimum atomic E-state index is 0.623. The van der Waals surface area contributed by atoms with Crippen LogP contribution in [0.5, 0.6) is 0 Å². The van der Waals surface area contributed by atoms with E-state index in [0.717, 1.165) is 66.2 Å².